The predicted octanol–water partition coefficient (Wildman–Crippen LogP) is 3.97. The van der Waals surface area contributed by atoms with Crippen molar-refractivity contribution in [1.82, 2.24) is 0 Å². The summed E-state index contributed by atoms with van der Waals surface area (Å²) in [7, 11) is 0. The van der Waals surface area contributed by atoms with E-state index in [2.05, 4.69) is 22.7 Å². The summed E-state index contributed by atoms with van der Waals surface area (Å²) in [4.78, 5) is 10.5. The standard InChI is InChI=1S/C16H17N3O2/c1-11-8-12(2)14(13(3)9-11)10-17-18-15-6-4-5-7-16(15)19(20)21/h4-10,18H,1-3H3. The third kappa shape index (κ3) is 3.45. The van der Waals surface area contributed by atoms with Crippen molar-refractivity contribution in [1.29, 1.82) is 0 Å². The second-order valence-corrected chi connectivity index (χ2v) is 4.96. The zero-order valence-corrected chi connectivity index (χ0v) is 12.3. The van der Waals surface area contributed by atoms with Crippen LogP contribution in [0.5, 0.6) is 0 Å². The minimum absolute atomic E-state index is 0.00648. The Hall–Kier alpha value is -2.69. The van der Waals surface area contributed by atoms with Gasteiger partial charge in [-0.05, 0) is 38.0 Å². The molecule has 0 unspecified atom stereocenters. The van der Waals surface area contributed by atoms with Gasteiger partial charge in [-0.25, -0.2) is 0 Å². The quantitative estimate of drug-likeness (QED) is 0.524. The van der Waals surface area contributed by atoms with Crippen molar-refractivity contribution in [2.24, 2.45) is 5.10 Å². The monoisotopic (exact) mass is 283 g/mol. The molecule has 0 aromatic heterocycles. The fourth-order valence-corrected chi connectivity index (χ4v) is 2.29. The van der Waals surface area contributed by atoms with Crippen molar-refractivity contribution >= 4 is 17.6 Å². The number of nitrogens with one attached hydrogen (secondary N) is 1. The van der Waals surface area contributed by atoms with E-state index >= 15 is 0 Å². The summed E-state index contributed by atoms with van der Waals surface area (Å²) in [5, 5.41) is 15.0. The van der Waals surface area contributed by atoms with Crippen molar-refractivity contribution < 1.29 is 4.92 Å². The van der Waals surface area contributed by atoms with Crippen LogP contribution in [0.3, 0.4) is 0 Å². The largest absolute Gasteiger partial charge is 0.294 e. The number of hydrazone groups is 1. The predicted molar refractivity (Wildman–Crippen MR) is 85.0 cm³/mol. The summed E-state index contributed by atoms with van der Waals surface area (Å²) in [5.41, 5.74) is 7.60. The van der Waals surface area contributed by atoms with Gasteiger partial charge in [0.2, 0.25) is 0 Å². The average molecular weight is 283 g/mol. The first-order valence-corrected chi connectivity index (χ1v) is 6.59. The lowest BCUT2D eigenvalue weighted by atomic mass is 10.0. The second kappa shape index (κ2) is 6.17. The number of para-hydroxylation sites is 2. The van der Waals surface area contributed by atoms with Gasteiger partial charge in [-0.1, -0.05) is 29.8 Å². The lowest BCUT2D eigenvalue weighted by Gasteiger charge is -2.07. The summed E-state index contributed by atoms with van der Waals surface area (Å²) < 4.78 is 0. The summed E-state index contributed by atoms with van der Waals surface area (Å²) in [6.45, 7) is 6.09. The molecule has 0 aliphatic carbocycles. The minimum Gasteiger partial charge on any atom is -0.272 e. The molecule has 2 rings (SSSR count). The molecule has 0 heterocycles. The maximum atomic E-state index is 10.9. The highest BCUT2D eigenvalue weighted by Crippen LogP contribution is 2.23. The number of anilines is 1. The van der Waals surface area contributed by atoms with E-state index < -0.39 is 4.92 Å². The molecule has 108 valence electrons. The normalized spacial score (nSPS) is 10.8. The molecule has 0 aliphatic rings. The number of hydrogen-bond donors (Lipinski definition) is 1. The van der Waals surface area contributed by atoms with Gasteiger partial charge in [-0.2, -0.15) is 5.10 Å². The molecule has 0 saturated carbocycles. The van der Waals surface area contributed by atoms with Gasteiger partial charge in [0.15, 0.2) is 0 Å². The van der Waals surface area contributed by atoms with Crippen LogP contribution >= 0.6 is 0 Å². The molecule has 0 saturated heterocycles. The molecule has 2 aromatic carbocycles. The lowest BCUT2D eigenvalue weighted by Crippen LogP contribution is -1.98. The van der Waals surface area contributed by atoms with Crippen LogP contribution in [0.15, 0.2) is 41.5 Å². The molecule has 0 aliphatic heterocycles. The van der Waals surface area contributed by atoms with Gasteiger partial charge in [-0.3, -0.25) is 15.5 Å². The van der Waals surface area contributed by atoms with Gasteiger partial charge < -0.3 is 0 Å². The Bertz CT molecular complexity index is 685. The SMILES string of the molecule is Cc1cc(C)c(C=NNc2ccccc2[N+](=O)[O-])c(C)c1. The number of hydrogen-bond acceptors (Lipinski definition) is 4. The second-order valence-electron chi connectivity index (χ2n) is 4.96. The summed E-state index contributed by atoms with van der Waals surface area (Å²) in [6, 6.07) is 10.6. The Labute approximate surface area is 123 Å². The molecule has 0 atom stereocenters. The molecular weight excluding hydrogens is 266 g/mol. The van der Waals surface area contributed by atoms with Crippen LogP contribution in [0.2, 0.25) is 0 Å². The van der Waals surface area contributed by atoms with Crippen molar-refractivity contribution in [2.75, 3.05) is 5.43 Å². The van der Waals surface area contributed by atoms with Crippen LogP contribution in [0, 0.1) is 30.9 Å². The third-order valence-electron chi connectivity index (χ3n) is 3.22. The van der Waals surface area contributed by atoms with E-state index in [0.717, 1.165) is 16.7 Å². The molecule has 0 radical (unpaired) electrons. The van der Waals surface area contributed by atoms with Crippen molar-refractivity contribution in [3.8, 4) is 0 Å². The first-order valence-electron chi connectivity index (χ1n) is 6.59. The molecule has 1 N–H and O–H groups in total. The van der Waals surface area contributed by atoms with Crippen LogP contribution in [0.4, 0.5) is 11.4 Å². The van der Waals surface area contributed by atoms with Gasteiger partial charge in [0.25, 0.3) is 5.69 Å². The van der Waals surface area contributed by atoms with Gasteiger partial charge in [0, 0.05) is 11.6 Å². The molecular formula is C16H17N3O2. The number of aryl methyl sites for hydroxylation is 3. The van der Waals surface area contributed by atoms with Crippen molar-refractivity contribution in [3.05, 3.63) is 68.8 Å². The Balaban J connectivity index is 2.23. The van der Waals surface area contributed by atoms with Crippen LogP contribution in [0.25, 0.3) is 0 Å². The smallest absolute Gasteiger partial charge is 0.272 e. The summed E-state index contributed by atoms with van der Waals surface area (Å²) in [6.07, 6.45) is 1.70. The van der Waals surface area contributed by atoms with E-state index in [9.17, 15) is 10.1 Å². The highest BCUT2D eigenvalue weighted by Gasteiger charge is 2.11. The van der Waals surface area contributed by atoms with E-state index in [1.807, 2.05) is 20.8 Å². The highest BCUT2D eigenvalue weighted by molar-refractivity contribution is 5.84. The molecule has 2 aromatic rings. The van der Waals surface area contributed by atoms with Crippen molar-refractivity contribution in [3.63, 3.8) is 0 Å². The maximum absolute atomic E-state index is 10.9. The van der Waals surface area contributed by atoms with Crippen LogP contribution in [-0.2, 0) is 0 Å². The van der Waals surface area contributed by atoms with E-state index in [0.29, 0.717) is 5.69 Å². The van der Waals surface area contributed by atoms with Crippen molar-refractivity contribution in [2.45, 2.75) is 20.8 Å². The van der Waals surface area contributed by atoms with E-state index in [1.54, 1.807) is 24.4 Å². The van der Waals surface area contributed by atoms with Crippen LogP contribution in [0.1, 0.15) is 22.3 Å². The van der Waals surface area contributed by atoms with E-state index in [-0.39, 0.29) is 5.69 Å². The first-order chi connectivity index (χ1) is 9.99. The Kier molecular flexibility index (Phi) is 4.33. The maximum Gasteiger partial charge on any atom is 0.294 e. The van der Waals surface area contributed by atoms with Crippen LogP contribution in [-0.4, -0.2) is 11.1 Å². The number of nitrogens with zero attached hydrogens (tertiary/aromatic N) is 2. The molecule has 21 heavy (non-hydrogen) atoms. The fourth-order valence-electron chi connectivity index (χ4n) is 2.29. The van der Waals surface area contributed by atoms with Crippen LogP contribution < -0.4 is 5.43 Å². The number of benzene rings is 2. The van der Waals surface area contributed by atoms with Gasteiger partial charge >= 0.3 is 0 Å². The topological polar surface area (TPSA) is 67.5 Å². The van der Waals surface area contributed by atoms with Gasteiger partial charge in [-0.15, -0.1) is 0 Å². The third-order valence-corrected chi connectivity index (χ3v) is 3.22. The highest BCUT2D eigenvalue weighted by atomic mass is 16.6. The number of rotatable bonds is 4. The van der Waals surface area contributed by atoms with Gasteiger partial charge in [0.05, 0.1) is 11.1 Å². The number of nitro groups is 1. The zero-order chi connectivity index (χ0) is 15.4. The summed E-state index contributed by atoms with van der Waals surface area (Å²) in [5.74, 6) is 0. The van der Waals surface area contributed by atoms with E-state index in [1.165, 1.54) is 11.6 Å². The average Bonchev–Trinajstić information content (AvgIpc) is 2.42. The lowest BCUT2D eigenvalue weighted by molar-refractivity contribution is -0.384. The Morgan fingerprint density at radius 2 is 1.76 bits per heavy atom. The Morgan fingerprint density at radius 3 is 2.38 bits per heavy atom. The fraction of sp³-hybridized carbons (Fsp3) is 0.188. The zero-order valence-electron chi connectivity index (χ0n) is 12.3. The molecule has 5 heteroatoms. The molecule has 0 fully saturated rings. The minimum atomic E-state index is -0.430. The summed E-state index contributed by atoms with van der Waals surface area (Å²) >= 11 is 0. The molecule has 0 amide bonds. The molecule has 5 nitrogen and oxygen atoms in total. The van der Waals surface area contributed by atoms with Gasteiger partial charge in [0.1, 0.15) is 5.69 Å². The Morgan fingerprint density at radius 1 is 1.14 bits per heavy atom. The number of nitro benzene ring substituents is 1. The molecule has 0 spiro atoms. The van der Waals surface area contributed by atoms with E-state index in [4.69, 9.17) is 0 Å². The first kappa shape index (κ1) is 14.7. The molecule has 0 bridgehead atoms.